The number of carbonyl (C=O) groups excluding carboxylic acids is 1. The highest BCUT2D eigenvalue weighted by Crippen LogP contribution is 2.29. The monoisotopic (exact) mass is 408 g/mol. The Morgan fingerprint density at radius 2 is 2.07 bits per heavy atom. The summed E-state index contributed by atoms with van der Waals surface area (Å²) in [6.45, 7) is 4.65. The van der Waals surface area contributed by atoms with E-state index in [4.69, 9.17) is 11.6 Å². The summed E-state index contributed by atoms with van der Waals surface area (Å²) < 4.78 is 1.71. The van der Waals surface area contributed by atoms with Crippen molar-refractivity contribution < 1.29 is 4.79 Å². The van der Waals surface area contributed by atoms with Crippen LogP contribution in [0.3, 0.4) is 0 Å². The second kappa shape index (κ2) is 8.70. The first-order valence-electron chi connectivity index (χ1n) is 9.94. The molecular weight excluding hydrogens is 384 g/mol. The number of aryl methyl sites for hydroxylation is 1. The number of hydrogen-bond donors (Lipinski definition) is 1. The molecule has 1 fully saturated rings. The smallest absolute Gasteiger partial charge is 0.249 e. The highest BCUT2D eigenvalue weighted by molar-refractivity contribution is 6.30. The van der Waals surface area contributed by atoms with Crippen LogP contribution in [0.2, 0.25) is 5.02 Å². The summed E-state index contributed by atoms with van der Waals surface area (Å²) in [6, 6.07) is 17.2. The first-order valence-corrected chi connectivity index (χ1v) is 10.3. The molecule has 5 nitrogen and oxygen atoms in total. The number of nitrogens with zero attached hydrogens (tertiary/aromatic N) is 3. The van der Waals surface area contributed by atoms with E-state index < -0.39 is 6.04 Å². The van der Waals surface area contributed by atoms with Gasteiger partial charge >= 0.3 is 0 Å². The van der Waals surface area contributed by atoms with Crippen LogP contribution in [0.4, 0.5) is 5.69 Å². The third-order valence-corrected chi connectivity index (χ3v) is 5.75. The predicted octanol–water partition coefficient (Wildman–Crippen LogP) is 4.08. The van der Waals surface area contributed by atoms with E-state index >= 15 is 0 Å². The van der Waals surface area contributed by atoms with Crippen molar-refractivity contribution in [1.29, 1.82) is 0 Å². The van der Waals surface area contributed by atoms with Crippen molar-refractivity contribution in [3.63, 3.8) is 0 Å². The minimum atomic E-state index is -0.459. The Hall–Kier alpha value is -2.79. The topological polar surface area (TPSA) is 50.2 Å². The number of halogens is 1. The summed E-state index contributed by atoms with van der Waals surface area (Å²) in [4.78, 5) is 15.4. The molecule has 0 spiro atoms. The number of benzene rings is 2. The summed E-state index contributed by atoms with van der Waals surface area (Å²) in [7, 11) is 0. The first-order chi connectivity index (χ1) is 14.1. The van der Waals surface area contributed by atoms with Crippen molar-refractivity contribution >= 4 is 23.2 Å². The Kier molecular flexibility index (Phi) is 5.86. The summed E-state index contributed by atoms with van der Waals surface area (Å²) in [5, 5.41) is 8.21. The minimum absolute atomic E-state index is 0.0303. The van der Waals surface area contributed by atoms with Gasteiger partial charge in [-0.2, -0.15) is 5.10 Å². The molecule has 0 saturated carbocycles. The fraction of sp³-hybridized carbons (Fsp3) is 0.304. The van der Waals surface area contributed by atoms with Crippen molar-refractivity contribution in [2.24, 2.45) is 5.92 Å². The van der Waals surface area contributed by atoms with Gasteiger partial charge in [-0.3, -0.25) is 9.48 Å². The Labute approximate surface area is 176 Å². The van der Waals surface area contributed by atoms with E-state index in [0.29, 0.717) is 12.5 Å². The number of anilines is 1. The standard InChI is InChI=1S/C23H25ClN4O/c1-17-8-9-20(24)14-21(17)27-13-10-18(16-27)15-25-23(29)22(28-12-5-11-26-28)19-6-3-2-4-7-19/h2-9,11-12,14,18,22H,10,13,15-16H2,1H3,(H,25,29). The number of carbonyl (C=O) groups is 1. The molecule has 150 valence electrons. The summed E-state index contributed by atoms with van der Waals surface area (Å²) in [6.07, 6.45) is 4.58. The van der Waals surface area contributed by atoms with Crippen LogP contribution in [0.25, 0.3) is 0 Å². The highest BCUT2D eigenvalue weighted by atomic mass is 35.5. The maximum Gasteiger partial charge on any atom is 0.249 e. The van der Waals surface area contributed by atoms with Gasteiger partial charge in [-0.05, 0) is 48.6 Å². The molecule has 1 aliphatic heterocycles. The third kappa shape index (κ3) is 4.46. The number of rotatable bonds is 6. The van der Waals surface area contributed by atoms with Crippen LogP contribution in [-0.4, -0.2) is 35.3 Å². The lowest BCUT2D eigenvalue weighted by molar-refractivity contribution is -0.123. The largest absolute Gasteiger partial charge is 0.371 e. The van der Waals surface area contributed by atoms with E-state index in [1.54, 1.807) is 10.9 Å². The highest BCUT2D eigenvalue weighted by Gasteiger charge is 2.27. The van der Waals surface area contributed by atoms with Crippen molar-refractivity contribution in [2.45, 2.75) is 19.4 Å². The molecular formula is C23H25ClN4O. The molecule has 1 aliphatic rings. The van der Waals surface area contributed by atoms with Gasteiger partial charge in [0.05, 0.1) is 0 Å². The van der Waals surface area contributed by atoms with Crippen molar-refractivity contribution in [3.8, 4) is 0 Å². The van der Waals surface area contributed by atoms with Gasteiger partial charge in [0.15, 0.2) is 6.04 Å². The van der Waals surface area contributed by atoms with Crippen LogP contribution in [-0.2, 0) is 4.79 Å². The van der Waals surface area contributed by atoms with E-state index in [2.05, 4.69) is 28.3 Å². The molecule has 0 radical (unpaired) electrons. The minimum Gasteiger partial charge on any atom is -0.371 e. The molecule has 2 aromatic carbocycles. The van der Waals surface area contributed by atoms with Gasteiger partial charge in [0.1, 0.15) is 0 Å². The number of amides is 1. The van der Waals surface area contributed by atoms with Gasteiger partial charge < -0.3 is 10.2 Å². The van der Waals surface area contributed by atoms with Crippen molar-refractivity contribution in [3.05, 3.63) is 83.1 Å². The van der Waals surface area contributed by atoms with Crippen molar-refractivity contribution in [2.75, 3.05) is 24.5 Å². The van der Waals surface area contributed by atoms with Crippen LogP contribution >= 0.6 is 11.6 Å². The lowest BCUT2D eigenvalue weighted by atomic mass is 10.1. The average Bonchev–Trinajstić information content (AvgIpc) is 3.42. The van der Waals surface area contributed by atoms with Crippen LogP contribution in [0.1, 0.15) is 23.6 Å². The van der Waals surface area contributed by atoms with Gasteiger partial charge in [-0.25, -0.2) is 0 Å². The van der Waals surface area contributed by atoms with Crippen molar-refractivity contribution in [1.82, 2.24) is 15.1 Å². The van der Waals surface area contributed by atoms with E-state index in [0.717, 1.165) is 30.1 Å². The zero-order valence-electron chi connectivity index (χ0n) is 16.5. The van der Waals surface area contributed by atoms with Gasteiger partial charge in [-0.1, -0.05) is 48.0 Å². The molecule has 0 bridgehead atoms. The third-order valence-electron chi connectivity index (χ3n) is 5.52. The second-order valence-corrected chi connectivity index (χ2v) is 8.01. The van der Waals surface area contributed by atoms with Gasteiger partial charge in [-0.15, -0.1) is 0 Å². The normalized spacial score (nSPS) is 17.3. The molecule has 29 heavy (non-hydrogen) atoms. The molecule has 6 heteroatoms. The fourth-order valence-electron chi connectivity index (χ4n) is 3.98. The van der Waals surface area contributed by atoms with Crippen LogP contribution in [0.5, 0.6) is 0 Å². The molecule has 1 aromatic heterocycles. The number of hydrogen-bond acceptors (Lipinski definition) is 3. The first kappa shape index (κ1) is 19.5. The Balaban J connectivity index is 1.41. The SMILES string of the molecule is Cc1ccc(Cl)cc1N1CCC(CNC(=O)C(c2ccccc2)n2cccn2)C1. The van der Waals surface area contributed by atoms with E-state index in [9.17, 15) is 4.79 Å². The van der Waals surface area contributed by atoms with Crippen LogP contribution < -0.4 is 10.2 Å². The zero-order valence-corrected chi connectivity index (χ0v) is 17.2. The predicted molar refractivity (Wildman–Crippen MR) is 116 cm³/mol. The lowest BCUT2D eigenvalue weighted by Gasteiger charge is -2.22. The fourth-order valence-corrected chi connectivity index (χ4v) is 4.14. The Morgan fingerprint density at radius 3 is 2.83 bits per heavy atom. The molecule has 3 aromatic rings. The second-order valence-electron chi connectivity index (χ2n) is 7.58. The Bertz CT molecular complexity index is 958. The number of nitrogens with one attached hydrogen (secondary N) is 1. The van der Waals surface area contributed by atoms with Gasteiger partial charge in [0, 0.05) is 42.7 Å². The van der Waals surface area contributed by atoms with E-state index in [1.807, 2.05) is 54.7 Å². The zero-order chi connectivity index (χ0) is 20.2. The van der Waals surface area contributed by atoms with Crippen LogP contribution in [0, 0.1) is 12.8 Å². The Morgan fingerprint density at radius 1 is 1.24 bits per heavy atom. The van der Waals surface area contributed by atoms with Gasteiger partial charge in [0.2, 0.25) is 5.91 Å². The lowest BCUT2D eigenvalue weighted by Crippen LogP contribution is -2.37. The molecule has 1 saturated heterocycles. The van der Waals surface area contributed by atoms with E-state index in [1.165, 1.54) is 11.3 Å². The maximum absolute atomic E-state index is 13.0. The van der Waals surface area contributed by atoms with E-state index in [-0.39, 0.29) is 5.91 Å². The summed E-state index contributed by atoms with van der Waals surface area (Å²) in [5.74, 6) is 0.378. The molecule has 2 heterocycles. The summed E-state index contributed by atoms with van der Waals surface area (Å²) in [5.41, 5.74) is 3.34. The van der Waals surface area contributed by atoms with Gasteiger partial charge in [0.25, 0.3) is 0 Å². The molecule has 1 amide bonds. The number of aromatic nitrogens is 2. The molecule has 2 atom stereocenters. The maximum atomic E-state index is 13.0. The summed E-state index contributed by atoms with van der Waals surface area (Å²) >= 11 is 6.18. The average molecular weight is 409 g/mol. The molecule has 1 N–H and O–H groups in total. The van der Waals surface area contributed by atoms with Crippen LogP contribution in [0.15, 0.2) is 67.0 Å². The molecule has 2 unspecified atom stereocenters. The molecule has 4 rings (SSSR count). The molecule has 0 aliphatic carbocycles. The quantitative estimate of drug-likeness (QED) is 0.668.